The number of hydrogen-bond donors (Lipinski definition) is 1. The van der Waals surface area contributed by atoms with E-state index in [0.717, 1.165) is 38.5 Å². The van der Waals surface area contributed by atoms with Crippen LogP contribution in [0.15, 0.2) is 18.3 Å². The van der Waals surface area contributed by atoms with Gasteiger partial charge in [0.25, 0.3) is 0 Å². The summed E-state index contributed by atoms with van der Waals surface area (Å²) >= 11 is 0. The Hall–Kier alpha value is -1.69. The van der Waals surface area contributed by atoms with Crippen LogP contribution in [0.25, 0.3) is 0 Å². The fourth-order valence-electron chi connectivity index (χ4n) is 2.32. The van der Waals surface area contributed by atoms with Gasteiger partial charge in [-0.25, -0.2) is 0 Å². The van der Waals surface area contributed by atoms with Crippen LogP contribution < -0.4 is 10.2 Å². The second kappa shape index (κ2) is 6.47. The molecule has 1 aliphatic rings. The van der Waals surface area contributed by atoms with Crippen molar-refractivity contribution < 1.29 is 4.79 Å². The summed E-state index contributed by atoms with van der Waals surface area (Å²) in [6, 6.07) is 3.84. The Kier molecular flexibility index (Phi) is 4.68. The lowest BCUT2D eigenvalue weighted by Gasteiger charge is -2.36. The van der Waals surface area contributed by atoms with Crippen molar-refractivity contribution in [3.8, 4) is 0 Å². The molecule has 1 N–H and O–H groups in total. The molecule has 1 aliphatic heterocycles. The molecule has 19 heavy (non-hydrogen) atoms. The van der Waals surface area contributed by atoms with E-state index in [0.29, 0.717) is 0 Å². The van der Waals surface area contributed by atoms with Crippen molar-refractivity contribution in [2.24, 2.45) is 5.92 Å². The number of carbonyl (C=O) groups is 1. The maximum absolute atomic E-state index is 12.2. The van der Waals surface area contributed by atoms with Gasteiger partial charge in [0, 0.05) is 44.8 Å². The van der Waals surface area contributed by atoms with Crippen LogP contribution in [-0.2, 0) is 4.79 Å². The standard InChI is InChI=1S/C13H21N5O/c1-11(10-14-2)13(19)18-8-6-17(7-9-18)12-4-3-5-15-16-12/h3-5,11,14H,6-10H2,1-2H3. The molecule has 6 heteroatoms. The Morgan fingerprint density at radius 2 is 2.16 bits per heavy atom. The van der Waals surface area contributed by atoms with E-state index in [4.69, 9.17) is 0 Å². The normalized spacial score (nSPS) is 17.4. The fraction of sp³-hybridized carbons (Fsp3) is 0.615. The van der Waals surface area contributed by atoms with Crippen LogP contribution in [0.3, 0.4) is 0 Å². The Bertz CT molecular complexity index is 403. The van der Waals surface area contributed by atoms with Crippen molar-refractivity contribution in [2.45, 2.75) is 6.92 Å². The highest BCUT2D eigenvalue weighted by Gasteiger charge is 2.24. The molecule has 1 amide bonds. The Balaban J connectivity index is 1.87. The van der Waals surface area contributed by atoms with Crippen LogP contribution in [0.4, 0.5) is 5.82 Å². The lowest BCUT2D eigenvalue weighted by molar-refractivity contribution is -0.135. The van der Waals surface area contributed by atoms with Crippen molar-refractivity contribution in [3.63, 3.8) is 0 Å². The zero-order valence-corrected chi connectivity index (χ0v) is 11.5. The third kappa shape index (κ3) is 3.41. The van der Waals surface area contributed by atoms with E-state index in [-0.39, 0.29) is 11.8 Å². The van der Waals surface area contributed by atoms with E-state index in [1.165, 1.54) is 0 Å². The number of amides is 1. The minimum absolute atomic E-state index is 0.0352. The summed E-state index contributed by atoms with van der Waals surface area (Å²) in [7, 11) is 1.87. The molecule has 0 bridgehead atoms. The largest absolute Gasteiger partial charge is 0.352 e. The molecule has 0 aromatic carbocycles. The number of nitrogens with zero attached hydrogens (tertiary/aromatic N) is 4. The third-order valence-corrected chi connectivity index (χ3v) is 3.41. The van der Waals surface area contributed by atoms with Gasteiger partial charge in [-0.1, -0.05) is 6.92 Å². The first kappa shape index (κ1) is 13.7. The summed E-state index contributed by atoms with van der Waals surface area (Å²) < 4.78 is 0. The van der Waals surface area contributed by atoms with Crippen molar-refractivity contribution >= 4 is 11.7 Å². The summed E-state index contributed by atoms with van der Waals surface area (Å²) in [4.78, 5) is 16.3. The predicted octanol–water partition coefficient (Wildman–Crippen LogP) is -0.0193. The maximum Gasteiger partial charge on any atom is 0.226 e. The highest BCUT2D eigenvalue weighted by Crippen LogP contribution is 2.13. The molecule has 1 atom stereocenters. The van der Waals surface area contributed by atoms with Gasteiger partial charge in [-0.2, -0.15) is 5.10 Å². The highest BCUT2D eigenvalue weighted by molar-refractivity contribution is 5.79. The van der Waals surface area contributed by atoms with Crippen LogP contribution in [-0.4, -0.2) is 60.8 Å². The van der Waals surface area contributed by atoms with Crippen LogP contribution in [0.5, 0.6) is 0 Å². The summed E-state index contributed by atoms with van der Waals surface area (Å²) in [5.74, 6) is 1.15. The van der Waals surface area contributed by atoms with Crippen LogP contribution in [0, 0.1) is 5.92 Å². The smallest absolute Gasteiger partial charge is 0.226 e. The lowest BCUT2D eigenvalue weighted by atomic mass is 10.1. The second-order valence-electron chi connectivity index (χ2n) is 4.85. The van der Waals surface area contributed by atoms with Gasteiger partial charge in [-0.3, -0.25) is 4.79 Å². The average Bonchev–Trinajstić information content (AvgIpc) is 2.48. The zero-order valence-electron chi connectivity index (χ0n) is 11.5. The number of piperazine rings is 1. The molecule has 6 nitrogen and oxygen atoms in total. The number of nitrogens with one attached hydrogen (secondary N) is 1. The number of hydrogen-bond acceptors (Lipinski definition) is 5. The fourth-order valence-corrected chi connectivity index (χ4v) is 2.32. The van der Waals surface area contributed by atoms with Crippen LogP contribution >= 0.6 is 0 Å². The van der Waals surface area contributed by atoms with Crippen LogP contribution in [0.1, 0.15) is 6.92 Å². The van der Waals surface area contributed by atoms with E-state index in [1.807, 2.05) is 31.0 Å². The predicted molar refractivity (Wildman–Crippen MR) is 73.9 cm³/mol. The van der Waals surface area contributed by atoms with Gasteiger partial charge >= 0.3 is 0 Å². The van der Waals surface area contributed by atoms with Crippen molar-refractivity contribution in [1.82, 2.24) is 20.4 Å². The van der Waals surface area contributed by atoms with Crippen LogP contribution in [0.2, 0.25) is 0 Å². The molecule has 0 spiro atoms. The molecule has 0 saturated carbocycles. The molecule has 1 aromatic rings. The topological polar surface area (TPSA) is 61.4 Å². The third-order valence-electron chi connectivity index (χ3n) is 3.41. The zero-order chi connectivity index (χ0) is 13.7. The molecule has 1 aromatic heterocycles. The lowest BCUT2D eigenvalue weighted by Crippen LogP contribution is -2.51. The molecule has 2 heterocycles. The molecule has 0 radical (unpaired) electrons. The SMILES string of the molecule is CNCC(C)C(=O)N1CCN(c2cccnn2)CC1. The first-order chi connectivity index (χ1) is 9.22. The monoisotopic (exact) mass is 263 g/mol. The average molecular weight is 263 g/mol. The number of carbonyl (C=O) groups excluding carboxylic acids is 1. The molecule has 1 unspecified atom stereocenters. The van der Waals surface area contributed by atoms with Gasteiger partial charge < -0.3 is 15.1 Å². The van der Waals surface area contributed by atoms with Gasteiger partial charge in [0.1, 0.15) is 0 Å². The van der Waals surface area contributed by atoms with Gasteiger partial charge in [-0.15, -0.1) is 5.10 Å². The molecular weight excluding hydrogens is 242 g/mol. The Morgan fingerprint density at radius 1 is 1.42 bits per heavy atom. The number of anilines is 1. The maximum atomic E-state index is 12.2. The number of rotatable bonds is 4. The Morgan fingerprint density at radius 3 is 2.74 bits per heavy atom. The van der Waals surface area contributed by atoms with E-state index < -0.39 is 0 Å². The first-order valence-corrected chi connectivity index (χ1v) is 6.68. The minimum atomic E-state index is 0.0352. The highest BCUT2D eigenvalue weighted by atomic mass is 16.2. The summed E-state index contributed by atoms with van der Waals surface area (Å²) in [6.07, 6.45) is 1.67. The summed E-state index contributed by atoms with van der Waals surface area (Å²) in [5, 5.41) is 11.0. The molecule has 2 rings (SSSR count). The van der Waals surface area contributed by atoms with Gasteiger partial charge in [0.2, 0.25) is 5.91 Å². The van der Waals surface area contributed by atoms with E-state index in [1.54, 1.807) is 6.20 Å². The molecule has 0 aliphatic carbocycles. The quantitative estimate of drug-likeness (QED) is 0.827. The van der Waals surface area contributed by atoms with Crippen molar-refractivity contribution in [2.75, 3.05) is 44.7 Å². The molecular formula is C13H21N5O. The van der Waals surface area contributed by atoms with E-state index in [9.17, 15) is 4.79 Å². The number of aromatic nitrogens is 2. The van der Waals surface area contributed by atoms with E-state index in [2.05, 4.69) is 20.4 Å². The second-order valence-corrected chi connectivity index (χ2v) is 4.85. The van der Waals surface area contributed by atoms with Gasteiger partial charge in [0.15, 0.2) is 5.82 Å². The van der Waals surface area contributed by atoms with E-state index >= 15 is 0 Å². The first-order valence-electron chi connectivity index (χ1n) is 6.68. The molecule has 1 fully saturated rings. The van der Waals surface area contributed by atoms with Crippen molar-refractivity contribution in [1.29, 1.82) is 0 Å². The molecule has 104 valence electrons. The minimum Gasteiger partial charge on any atom is -0.352 e. The molecule has 1 saturated heterocycles. The Labute approximate surface area is 113 Å². The van der Waals surface area contributed by atoms with Gasteiger partial charge in [0.05, 0.1) is 0 Å². The summed E-state index contributed by atoms with van der Waals surface area (Å²) in [5.41, 5.74) is 0. The summed E-state index contributed by atoms with van der Waals surface area (Å²) in [6.45, 7) is 5.83. The van der Waals surface area contributed by atoms with Gasteiger partial charge in [-0.05, 0) is 19.2 Å². The van der Waals surface area contributed by atoms with Crippen molar-refractivity contribution in [3.05, 3.63) is 18.3 Å².